The fraction of sp³-hybridized carbons (Fsp3) is 0.211. The summed E-state index contributed by atoms with van der Waals surface area (Å²) in [6.07, 6.45) is -0.771. The number of halogens is 2. The van der Waals surface area contributed by atoms with Crippen LogP contribution in [0.1, 0.15) is 24.0 Å². The number of carbonyl (C=O) groups is 2. The first-order valence-electron chi connectivity index (χ1n) is 8.32. The predicted molar refractivity (Wildman–Crippen MR) is 105 cm³/mol. The van der Waals surface area contributed by atoms with E-state index >= 15 is 0 Å². The first kappa shape index (κ1) is 19.4. The van der Waals surface area contributed by atoms with Crippen molar-refractivity contribution in [3.63, 3.8) is 0 Å². The van der Waals surface area contributed by atoms with Crippen LogP contribution in [0.15, 0.2) is 47.5 Å². The van der Waals surface area contributed by atoms with E-state index in [2.05, 4.69) is 10.3 Å². The molecule has 3 rings (SSSR count). The molecule has 0 saturated carbocycles. The van der Waals surface area contributed by atoms with Gasteiger partial charge in [-0.05, 0) is 37.2 Å². The van der Waals surface area contributed by atoms with Crippen LogP contribution in [-0.4, -0.2) is 30.4 Å². The standard InChI is InChI=1S/C19H17Cl2N3O3/c20-11-7-8-15-13(10-11)17(12-4-1-2-5-14(12)21)24-19(18(26)23-15)27-16(25)6-3-9-22/h1-2,4-5,7-8,10,19H,3,6,9,22H2,(H,23,26). The number of rotatable bonds is 5. The number of benzodiazepines with no additional fused rings is 1. The molecule has 27 heavy (non-hydrogen) atoms. The molecule has 1 atom stereocenters. The number of carbonyl (C=O) groups excluding carboxylic acids is 2. The lowest BCUT2D eigenvalue weighted by Gasteiger charge is -2.12. The molecule has 0 saturated heterocycles. The third-order valence-electron chi connectivity index (χ3n) is 3.92. The monoisotopic (exact) mass is 405 g/mol. The van der Waals surface area contributed by atoms with Crippen LogP contribution in [0.5, 0.6) is 0 Å². The lowest BCUT2D eigenvalue weighted by Crippen LogP contribution is -2.30. The zero-order valence-corrected chi connectivity index (χ0v) is 15.8. The van der Waals surface area contributed by atoms with Gasteiger partial charge in [-0.3, -0.25) is 9.59 Å². The molecule has 0 aliphatic carbocycles. The second-order valence-electron chi connectivity index (χ2n) is 5.87. The SMILES string of the molecule is NCCCC(=O)OC1N=C(c2ccccc2Cl)c2cc(Cl)ccc2NC1=O. The Morgan fingerprint density at radius 2 is 1.96 bits per heavy atom. The van der Waals surface area contributed by atoms with E-state index in [9.17, 15) is 9.59 Å². The van der Waals surface area contributed by atoms with Crippen molar-refractivity contribution < 1.29 is 14.3 Å². The number of ether oxygens (including phenoxy) is 1. The number of nitrogens with zero attached hydrogens (tertiary/aromatic N) is 1. The molecule has 1 aliphatic rings. The summed E-state index contributed by atoms with van der Waals surface area (Å²) in [7, 11) is 0. The number of hydrogen-bond acceptors (Lipinski definition) is 5. The van der Waals surface area contributed by atoms with E-state index < -0.39 is 18.1 Å². The summed E-state index contributed by atoms with van der Waals surface area (Å²) in [6.45, 7) is 0.351. The predicted octanol–water partition coefficient (Wildman–Crippen LogP) is 3.39. The zero-order chi connectivity index (χ0) is 19.4. The normalized spacial score (nSPS) is 16.0. The third-order valence-corrected chi connectivity index (χ3v) is 4.49. The number of nitrogens with one attached hydrogen (secondary N) is 1. The van der Waals surface area contributed by atoms with Gasteiger partial charge >= 0.3 is 5.97 Å². The van der Waals surface area contributed by atoms with Crippen molar-refractivity contribution in [2.24, 2.45) is 10.7 Å². The van der Waals surface area contributed by atoms with Gasteiger partial charge in [-0.2, -0.15) is 0 Å². The maximum Gasteiger partial charge on any atom is 0.308 e. The molecule has 1 unspecified atom stereocenters. The van der Waals surface area contributed by atoms with Crippen LogP contribution < -0.4 is 11.1 Å². The zero-order valence-electron chi connectivity index (χ0n) is 14.2. The van der Waals surface area contributed by atoms with Crippen molar-refractivity contribution in [1.82, 2.24) is 0 Å². The number of aliphatic imine (C=N–C) groups is 1. The molecule has 0 bridgehead atoms. The number of fused-ring (bicyclic) bond motifs is 1. The number of hydrogen-bond donors (Lipinski definition) is 2. The average Bonchev–Trinajstić information content (AvgIpc) is 2.77. The molecule has 0 spiro atoms. The van der Waals surface area contributed by atoms with Gasteiger partial charge in [-0.15, -0.1) is 0 Å². The fourth-order valence-corrected chi connectivity index (χ4v) is 3.04. The Morgan fingerprint density at radius 3 is 2.70 bits per heavy atom. The molecule has 140 valence electrons. The second kappa shape index (κ2) is 8.52. The maximum absolute atomic E-state index is 12.5. The summed E-state index contributed by atoms with van der Waals surface area (Å²) >= 11 is 12.5. The smallest absolute Gasteiger partial charge is 0.308 e. The lowest BCUT2D eigenvalue weighted by atomic mass is 10.0. The third kappa shape index (κ3) is 4.47. The van der Waals surface area contributed by atoms with E-state index in [1.54, 1.807) is 42.5 Å². The molecular weight excluding hydrogens is 389 g/mol. The molecule has 6 nitrogen and oxygen atoms in total. The van der Waals surface area contributed by atoms with Crippen LogP contribution in [0.25, 0.3) is 0 Å². The Balaban J connectivity index is 2.07. The van der Waals surface area contributed by atoms with Gasteiger partial charge in [0, 0.05) is 27.6 Å². The number of benzene rings is 2. The Hall–Kier alpha value is -2.41. The molecular formula is C19H17Cl2N3O3. The molecule has 8 heteroatoms. The van der Waals surface area contributed by atoms with Gasteiger partial charge in [-0.1, -0.05) is 41.4 Å². The highest BCUT2D eigenvalue weighted by molar-refractivity contribution is 6.37. The molecule has 1 amide bonds. The highest BCUT2D eigenvalue weighted by atomic mass is 35.5. The van der Waals surface area contributed by atoms with Crippen LogP contribution >= 0.6 is 23.2 Å². The first-order chi connectivity index (χ1) is 13.0. The van der Waals surface area contributed by atoms with Crippen molar-refractivity contribution >= 4 is 46.5 Å². The van der Waals surface area contributed by atoms with Crippen LogP contribution in [-0.2, 0) is 14.3 Å². The van der Waals surface area contributed by atoms with E-state index in [0.29, 0.717) is 45.5 Å². The summed E-state index contributed by atoms with van der Waals surface area (Å²) in [5, 5.41) is 3.65. The van der Waals surface area contributed by atoms with Crippen molar-refractivity contribution in [1.29, 1.82) is 0 Å². The van der Waals surface area contributed by atoms with Crippen molar-refractivity contribution in [2.75, 3.05) is 11.9 Å². The molecule has 0 radical (unpaired) electrons. The Kier molecular flexibility index (Phi) is 6.11. The van der Waals surface area contributed by atoms with Crippen LogP contribution in [0.2, 0.25) is 10.0 Å². The number of anilines is 1. The highest BCUT2D eigenvalue weighted by Gasteiger charge is 2.29. The van der Waals surface area contributed by atoms with Crippen LogP contribution in [0.3, 0.4) is 0 Å². The van der Waals surface area contributed by atoms with Gasteiger partial charge < -0.3 is 15.8 Å². The largest absolute Gasteiger partial charge is 0.430 e. The molecule has 0 fully saturated rings. The number of esters is 1. The molecule has 1 aliphatic heterocycles. The Bertz CT molecular complexity index is 915. The summed E-state index contributed by atoms with van der Waals surface area (Å²) in [4.78, 5) is 28.9. The van der Waals surface area contributed by atoms with Gasteiger partial charge in [0.2, 0.25) is 0 Å². The van der Waals surface area contributed by atoms with Gasteiger partial charge in [0.15, 0.2) is 0 Å². The minimum Gasteiger partial charge on any atom is -0.430 e. The number of amides is 1. The van der Waals surface area contributed by atoms with Gasteiger partial charge in [-0.25, -0.2) is 4.99 Å². The second-order valence-corrected chi connectivity index (χ2v) is 6.71. The van der Waals surface area contributed by atoms with E-state index in [1.165, 1.54) is 0 Å². The average molecular weight is 406 g/mol. The molecule has 2 aromatic rings. The van der Waals surface area contributed by atoms with E-state index in [-0.39, 0.29) is 6.42 Å². The van der Waals surface area contributed by atoms with Crippen LogP contribution in [0.4, 0.5) is 5.69 Å². The molecule has 2 aromatic carbocycles. The quantitative estimate of drug-likeness (QED) is 0.745. The van der Waals surface area contributed by atoms with Gasteiger partial charge in [0.1, 0.15) is 0 Å². The summed E-state index contributed by atoms with van der Waals surface area (Å²) in [6, 6.07) is 12.1. The van der Waals surface area contributed by atoms with E-state index in [0.717, 1.165) is 0 Å². The van der Waals surface area contributed by atoms with E-state index in [4.69, 9.17) is 33.7 Å². The molecule has 3 N–H and O–H groups in total. The topological polar surface area (TPSA) is 93.8 Å². The highest BCUT2D eigenvalue weighted by Crippen LogP contribution is 2.30. The maximum atomic E-state index is 12.5. The fourth-order valence-electron chi connectivity index (χ4n) is 2.64. The van der Waals surface area contributed by atoms with Crippen LogP contribution in [0, 0.1) is 0 Å². The Labute approximate surface area is 166 Å². The Morgan fingerprint density at radius 1 is 1.19 bits per heavy atom. The summed E-state index contributed by atoms with van der Waals surface area (Å²) < 4.78 is 5.27. The summed E-state index contributed by atoms with van der Waals surface area (Å²) in [5.74, 6) is -1.10. The minimum absolute atomic E-state index is 0.107. The van der Waals surface area contributed by atoms with Crippen molar-refractivity contribution in [3.8, 4) is 0 Å². The first-order valence-corrected chi connectivity index (χ1v) is 9.08. The summed E-state index contributed by atoms with van der Waals surface area (Å²) in [5.41, 5.74) is 7.51. The van der Waals surface area contributed by atoms with E-state index in [1.807, 2.05) is 0 Å². The van der Waals surface area contributed by atoms with Crippen molar-refractivity contribution in [2.45, 2.75) is 19.1 Å². The molecule has 0 aromatic heterocycles. The van der Waals surface area contributed by atoms with Gasteiger partial charge in [0.25, 0.3) is 12.1 Å². The molecule has 1 heterocycles. The van der Waals surface area contributed by atoms with Gasteiger partial charge in [0.05, 0.1) is 11.4 Å². The van der Waals surface area contributed by atoms with Crippen molar-refractivity contribution in [3.05, 3.63) is 63.6 Å². The lowest BCUT2D eigenvalue weighted by molar-refractivity contribution is -0.153. The number of nitrogens with two attached hydrogens (primary N) is 1. The minimum atomic E-state index is -1.34.